The quantitative estimate of drug-likeness (QED) is 0.0349. The summed E-state index contributed by atoms with van der Waals surface area (Å²) in [5.74, 6) is -1.65. The van der Waals surface area contributed by atoms with E-state index in [4.69, 9.17) is 28.9 Å². The Morgan fingerprint density at radius 2 is 1.80 bits per heavy atom. The van der Waals surface area contributed by atoms with Crippen LogP contribution in [0.3, 0.4) is 0 Å². The first kappa shape index (κ1) is 47.3. The topological polar surface area (TPSA) is 192 Å². The molecule has 0 amide bonds. The molecule has 1 aromatic heterocycles. The Balaban J connectivity index is 1.36. The number of aromatic nitrogens is 1. The van der Waals surface area contributed by atoms with Gasteiger partial charge in [-0.05, 0) is 98.8 Å². The number of nitro groups is 1. The first-order chi connectivity index (χ1) is 32.1. The van der Waals surface area contributed by atoms with Crippen molar-refractivity contribution in [1.29, 1.82) is 0 Å². The number of allylic oxidation sites excluding steroid dienone is 1. The van der Waals surface area contributed by atoms with E-state index in [2.05, 4.69) is 17.6 Å². The molecular formula is C50H60N4O11S. The number of aliphatic hydroxyl groups is 2. The Labute approximate surface area is 386 Å². The largest absolute Gasteiger partial charge is 0.460 e. The molecule has 1 saturated heterocycles. The number of oxime groups is 1. The number of fused-ring (bicyclic) bond motifs is 3. The number of hydrogen-bond acceptors (Lipinski definition) is 13. The molecule has 352 valence electrons. The van der Waals surface area contributed by atoms with Crippen molar-refractivity contribution in [2.45, 2.75) is 106 Å². The van der Waals surface area contributed by atoms with Gasteiger partial charge < -0.3 is 34.0 Å². The normalized spacial score (nSPS) is 25.4. The second-order valence-electron chi connectivity index (χ2n) is 17.5. The van der Waals surface area contributed by atoms with Gasteiger partial charge in [-0.15, -0.1) is 6.58 Å². The summed E-state index contributed by atoms with van der Waals surface area (Å²) in [6, 6.07) is 19.2. The molecule has 8 rings (SSSR count). The molecule has 2 fully saturated rings. The number of rotatable bonds is 21. The number of aliphatic hydroxyl groups excluding tert-OH is 2. The summed E-state index contributed by atoms with van der Waals surface area (Å²) in [6.07, 6.45) is 12.0. The molecule has 0 spiro atoms. The lowest BCUT2D eigenvalue weighted by Gasteiger charge is -2.59. The zero-order valence-corrected chi connectivity index (χ0v) is 38.2. The van der Waals surface area contributed by atoms with Crippen LogP contribution in [0.25, 0.3) is 10.9 Å². The van der Waals surface area contributed by atoms with Crippen molar-refractivity contribution < 1.29 is 47.3 Å². The first-order valence-corrected chi connectivity index (χ1v) is 24.7. The summed E-state index contributed by atoms with van der Waals surface area (Å²) >= 11 is 0. The Morgan fingerprint density at radius 3 is 2.56 bits per heavy atom. The average molecular weight is 925 g/mol. The molecule has 4 aliphatic rings. The Hall–Kier alpha value is -5.23. The predicted octanol–water partition coefficient (Wildman–Crippen LogP) is 9.20. The maximum Gasteiger partial charge on any atom is 0.273 e. The Bertz CT molecular complexity index is 2520. The molecule has 2 aliphatic carbocycles. The van der Waals surface area contributed by atoms with Gasteiger partial charge in [0.15, 0.2) is 0 Å². The van der Waals surface area contributed by atoms with E-state index in [-0.39, 0.29) is 61.0 Å². The van der Waals surface area contributed by atoms with Crippen molar-refractivity contribution in [3.8, 4) is 17.2 Å². The summed E-state index contributed by atoms with van der Waals surface area (Å²) in [5, 5.41) is 37.3. The first-order valence-electron chi connectivity index (χ1n) is 23.3. The molecule has 2 N–H and O–H groups in total. The van der Waals surface area contributed by atoms with Crippen LogP contribution in [0.5, 0.6) is 17.2 Å². The number of pyridine rings is 1. The van der Waals surface area contributed by atoms with E-state index in [0.717, 1.165) is 36.8 Å². The van der Waals surface area contributed by atoms with Crippen molar-refractivity contribution in [1.82, 2.24) is 9.29 Å². The van der Waals surface area contributed by atoms with Crippen molar-refractivity contribution in [2.75, 3.05) is 33.0 Å². The zero-order valence-electron chi connectivity index (χ0n) is 37.4. The molecule has 7 atom stereocenters. The van der Waals surface area contributed by atoms with E-state index >= 15 is 8.42 Å². The van der Waals surface area contributed by atoms with Crippen LogP contribution >= 0.6 is 0 Å². The number of unbranched alkanes of at least 4 members (excludes halogenated alkanes) is 2. The summed E-state index contributed by atoms with van der Waals surface area (Å²) in [7, 11) is -4.35. The van der Waals surface area contributed by atoms with Gasteiger partial charge in [0.2, 0.25) is 22.1 Å². The van der Waals surface area contributed by atoms with Crippen LogP contribution in [-0.2, 0) is 24.3 Å². The van der Waals surface area contributed by atoms with Gasteiger partial charge in [-0.1, -0.05) is 61.3 Å². The zero-order chi connectivity index (χ0) is 46.3. The van der Waals surface area contributed by atoms with Crippen LogP contribution < -0.4 is 9.47 Å². The molecule has 0 radical (unpaired) electrons. The minimum atomic E-state index is -4.35. The fourth-order valence-corrected chi connectivity index (χ4v) is 12.4. The maximum atomic E-state index is 15.6. The predicted molar refractivity (Wildman–Crippen MR) is 249 cm³/mol. The van der Waals surface area contributed by atoms with Crippen molar-refractivity contribution >= 4 is 32.3 Å². The molecule has 15 nitrogen and oxygen atoms in total. The van der Waals surface area contributed by atoms with Crippen LogP contribution in [0.1, 0.15) is 89.0 Å². The third kappa shape index (κ3) is 9.62. The number of ether oxygens (including phenoxy) is 4. The standard InChI is InChI=1S/C50H60N4O11S/c1-3-25-53(66(59,60)44-20-11-15-34-16-13-24-51-49(34)44)45-33-42(52-65-46-21-7-10-29-61-46)40-30-35(14-5-8-26-55)39(19-6-9-27-56)47-41-32-38(63-37-18-12-17-36(31-37)54(57)58)22-23-43(41)64-50(45,48(40)47)62-28-4-2/h4,11-13,15-18,20,22-24,30-32,35,39,45-48,55-56H,2-3,5-10,14,19,21,25-29,33H2,1H3/t35-,39+,45-,46?,47+,48+,50+/m0/s1. The molecule has 3 aromatic carbocycles. The highest BCUT2D eigenvalue weighted by molar-refractivity contribution is 7.89. The lowest BCUT2D eigenvalue weighted by molar-refractivity contribution is -0.384. The molecule has 1 saturated carbocycles. The van der Waals surface area contributed by atoms with Crippen LogP contribution in [0, 0.1) is 27.9 Å². The van der Waals surface area contributed by atoms with Gasteiger partial charge in [0.25, 0.3) is 5.69 Å². The van der Waals surface area contributed by atoms with Gasteiger partial charge in [-0.3, -0.25) is 15.1 Å². The summed E-state index contributed by atoms with van der Waals surface area (Å²) < 4.78 is 59.5. The number of nitro benzene ring substituents is 1. The van der Waals surface area contributed by atoms with Gasteiger partial charge in [0, 0.05) is 61.7 Å². The SMILES string of the molecule is C=CCO[C@@]12Oc3ccc(Oc4cccc([N+](=O)[O-])c4)cc3[C@H]3[C@H](CCCCO)[C@@H](CCCCO)C=C(C(=NOC4CCCCO4)C[C@@H]1N(CCC)S(=O)(=O)c1cccc4cccnc14)[C@H]32. The molecule has 1 unspecified atom stereocenters. The van der Waals surface area contributed by atoms with Gasteiger partial charge in [-0.2, -0.15) is 4.31 Å². The number of nitrogens with zero attached hydrogens (tertiary/aromatic N) is 4. The monoisotopic (exact) mass is 924 g/mol. The second kappa shape index (κ2) is 21.2. The molecular weight excluding hydrogens is 865 g/mol. The van der Waals surface area contributed by atoms with Crippen LogP contribution in [0.2, 0.25) is 0 Å². The Morgan fingerprint density at radius 1 is 1.02 bits per heavy atom. The number of hydrogen-bond donors (Lipinski definition) is 2. The highest BCUT2D eigenvalue weighted by Gasteiger charge is 2.66. The molecule has 0 bridgehead atoms. The van der Waals surface area contributed by atoms with Crippen molar-refractivity contribution in [3.05, 3.63) is 119 Å². The average Bonchev–Trinajstić information content (AvgIpc) is 3.33. The molecule has 66 heavy (non-hydrogen) atoms. The van der Waals surface area contributed by atoms with E-state index in [0.29, 0.717) is 73.2 Å². The number of benzene rings is 3. The van der Waals surface area contributed by atoms with E-state index in [1.807, 2.05) is 25.1 Å². The lowest BCUT2D eigenvalue weighted by atomic mass is 9.55. The van der Waals surface area contributed by atoms with E-state index in [9.17, 15) is 20.3 Å². The fourth-order valence-electron chi connectivity index (χ4n) is 10.5. The van der Waals surface area contributed by atoms with Crippen molar-refractivity contribution in [3.63, 3.8) is 0 Å². The molecule has 4 aromatic rings. The van der Waals surface area contributed by atoms with E-state index in [1.54, 1.807) is 54.7 Å². The molecule has 16 heteroatoms. The summed E-state index contributed by atoms with van der Waals surface area (Å²) in [4.78, 5) is 22.1. The summed E-state index contributed by atoms with van der Waals surface area (Å²) in [6.45, 7) is 6.71. The van der Waals surface area contributed by atoms with Gasteiger partial charge in [0.05, 0.1) is 47.4 Å². The van der Waals surface area contributed by atoms with Crippen LogP contribution in [0.4, 0.5) is 5.69 Å². The minimum Gasteiger partial charge on any atom is -0.460 e. The number of para-hydroxylation sites is 1. The highest BCUT2D eigenvalue weighted by atomic mass is 32.2. The molecule has 3 heterocycles. The minimum absolute atomic E-state index is 0.0245. The second-order valence-corrected chi connectivity index (χ2v) is 19.3. The van der Waals surface area contributed by atoms with E-state index in [1.165, 1.54) is 16.4 Å². The van der Waals surface area contributed by atoms with Crippen LogP contribution in [0.15, 0.2) is 113 Å². The Kier molecular flexibility index (Phi) is 15.2. The van der Waals surface area contributed by atoms with Crippen LogP contribution in [-0.4, -0.2) is 89.6 Å². The lowest BCUT2D eigenvalue weighted by Crippen LogP contribution is -2.70. The smallest absolute Gasteiger partial charge is 0.273 e. The third-order valence-corrected chi connectivity index (χ3v) is 15.2. The fraction of sp³-hybridized carbons (Fsp3) is 0.480. The number of sulfonamides is 1. The third-order valence-electron chi connectivity index (χ3n) is 13.3. The highest BCUT2D eigenvalue weighted by Crippen LogP contribution is 2.62. The van der Waals surface area contributed by atoms with E-state index < -0.39 is 44.9 Å². The summed E-state index contributed by atoms with van der Waals surface area (Å²) in [5.41, 5.74) is 2.42. The van der Waals surface area contributed by atoms with Gasteiger partial charge in [0.1, 0.15) is 22.1 Å². The van der Waals surface area contributed by atoms with Gasteiger partial charge >= 0.3 is 0 Å². The number of non-ortho nitro benzene ring substituents is 1. The molecule has 2 aliphatic heterocycles. The van der Waals surface area contributed by atoms with Gasteiger partial charge in [-0.25, -0.2) is 8.42 Å². The van der Waals surface area contributed by atoms with Crippen molar-refractivity contribution in [2.24, 2.45) is 22.9 Å². The maximum absolute atomic E-state index is 15.6.